The second-order valence-corrected chi connectivity index (χ2v) is 6.60. The number of aromatic nitrogens is 1. The van der Waals surface area contributed by atoms with Crippen LogP contribution >= 0.6 is 0 Å². The summed E-state index contributed by atoms with van der Waals surface area (Å²) in [5.74, 6) is 0.220. The lowest BCUT2D eigenvalue weighted by Gasteiger charge is -2.26. The minimum atomic E-state index is -0.114. The standard InChI is InChI=1S/C20H24N4O/c1-15-17(10-13-23-11-6-3-7-12-23)20(25)24(19(22)18(15)14-21)16-8-4-2-5-9-16/h2,4-5,8-9H,3,6-7,10-13,22H2,1H3. The van der Waals surface area contributed by atoms with E-state index < -0.39 is 0 Å². The first kappa shape index (κ1) is 17.2. The van der Waals surface area contributed by atoms with Crippen LogP contribution in [0, 0.1) is 18.3 Å². The summed E-state index contributed by atoms with van der Waals surface area (Å²) in [6, 6.07) is 11.5. The van der Waals surface area contributed by atoms with Gasteiger partial charge in [-0.15, -0.1) is 0 Å². The quantitative estimate of drug-likeness (QED) is 0.931. The normalized spacial score (nSPS) is 15.0. The molecule has 1 saturated heterocycles. The van der Waals surface area contributed by atoms with E-state index >= 15 is 0 Å². The van der Waals surface area contributed by atoms with Crippen molar-refractivity contribution in [3.8, 4) is 11.8 Å². The fourth-order valence-corrected chi connectivity index (χ4v) is 3.58. The highest BCUT2D eigenvalue weighted by Gasteiger charge is 2.19. The van der Waals surface area contributed by atoms with Crippen molar-refractivity contribution in [2.75, 3.05) is 25.4 Å². The maximum atomic E-state index is 13.1. The Morgan fingerprint density at radius 3 is 2.48 bits per heavy atom. The van der Waals surface area contributed by atoms with E-state index in [0.717, 1.165) is 19.6 Å². The topological polar surface area (TPSA) is 75.0 Å². The van der Waals surface area contributed by atoms with Gasteiger partial charge in [-0.25, -0.2) is 0 Å². The summed E-state index contributed by atoms with van der Waals surface area (Å²) < 4.78 is 1.47. The molecule has 0 saturated carbocycles. The molecule has 1 aromatic heterocycles. The lowest BCUT2D eigenvalue weighted by Crippen LogP contribution is -2.34. The predicted octanol–water partition coefficient (Wildman–Crippen LogP) is 2.63. The Balaban J connectivity index is 2.02. The lowest BCUT2D eigenvalue weighted by molar-refractivity contribution is 0.231. The zero-order valence-corrected chi connectivity index (χ0v) is 14.7. The molecule has 5 heteroatoms. The second-order valence-electron chi connectivity index (χ2n) is 6.60. The number of nitrogen functional groups attached to an aromatic ring is 1. The Morgan fingerprint density at radius 1 is 1.16 bits per heavy atom. The average Bonchev–Trinajstić information content (AvgIpc) is 2.64. The largest absolute Gasteiger partial charge is 0.384 e. The highest BCUT2D eigenvalue weighted by molar-refractivity contribution is 5.59. The number of rotatable bonds is 4. The first-order chi connectivity index (χ1) is 12.1. The number of hydrogen-bond donors (Lipinski definition) is 1. The molecule has 0 atom stereocenters. The molecule has 25 heavy (non-hydrogen) atoms. The monoisotopic (exact) mass is 336 g/mol. The highest BCUT2D eigenvalue weighted by atomic mass is 16.1. The van der Waals surface area contributed by atoms with E-state index in [9.17, 15) is 10.1 Å². The van der Waals surface area contributed by atoms with Gasteiger partial charge in [0.05, 0.1) is 11.3 Å². The van der Waals surface area contributed by atoms with Crippen LogP contribution in [0.5, 0.6) is 0 Å². The molecular formula is C20H24N4O. The molecule has 0 radical (unpaired) electrons. The Bertz CT molecular complexity index is 843. The third-order valence-corrected chi connectivity index (χ3v) is 5.04. The van der Waals surface area contributed by atoms with E-state index in [2.05, 4.69) is 11.0 Å². The maximum absolute atomic E-state index is 13.1. The number of nitrogens with two attached hydrogens (primary N) is 1. The minimum absolute atomic E-state index is 0.114. The van der Waals surface area contributed by atoms with E-state index in [0.29, 0.717) is 28.8 Å². The Hall–Kier alpha value is -2.58. The third-order valence-electron chi connectivity index (χ3n) is 5.04. The summed E-state index contributed by atoms with van der Waals surface area (Å²) in [6.45, 7) is 4.86. The van der Waals surface area contributed by atoms with Gasteiger partial charge in [0.2, 0.25) is 0 Å². The lowest BCUT2D eigenvalue weighted by atomic mass is 10.0. The van der Waals surface area contributed by atoms with Crippen molar-refractivity contribution in [1.82, 2.24) is 9.47 Å². The van der Waals surface area contributed by atoms with Gasteiger partial charge in [-0.05, 0) is 57.0 Å². The SMILES string of the molecule is Cc1c(C#N)c(N)n(-c2ccccc2)c(=O)c1CCN1CCCCC1. The van der Waals surface area contributed by atoms with Crippen LogP contribution in [0.15, 0.2) is 35.1 Å². The minimum Gasteiger partial charge on any atom is -0.384 e. The molecule has 1 aliphatic rings. The fourth-order valence-electron chi connectivity index (χ4n) is 3.58. The van der Waals surface area contributed by atoms with Crippen molar-refractivity contribution < 1.29 is 0 Å². The van der Waals surface area contributed by atoms with E-state index in [-0.39, 0.29) is 11.4 Å². The molecule has 0 spiro atoms. The molecule has 1 fully saturated rings. The molecule has 5 nitrogen and oxygen atoms in total. The van der Waals surface area contributed by atoms with Crippen molar-refractivity contribution >= 4 is 5.82 Å². The number of nitrogens with zero attached hydrogens (tertiary/aromatic N) is 3. The van der Waals surface area contributed by atoms with Gasteiger partial charge in [0.1, 0.15) is 11.9 Å². The van der Waals surface area contributed by atoms with Crippen LogP contribution in [0.25, 0.3) is 5.69 Å². The summed E-state index contributed by atoms with van der Waals surface area (Å²) in [7, 11) is 0. The van der Waals surface area contributed by atoms with Gasteiger partial charge in [-0.2, -0.15) is 5.26 Å². The molecule has 0 aliphatic carbocycles. The van der Waals surface area contributed by atoms with Crippen LogP contribution in [0.4, 0.5) is 5.82 Å². The van der Waals surface area contributed by atoms with Gasteiger partial charge in [0.25, 0.3) is 5.56 Å². The van der Waals surface area contributed by atoms with Crippen LogP contribution in [0.1, 0.15) is 36.0 Å². The second kappa shape index (κ2) is 7.54. The van der Waals surface area contributed by atoms with E-state index in [4.69, 9.17) is 5.73 Å². The number of hydrogen-bond acceptors (Lipinski definition) is 4. The zero-order valence-electron chi connectivity index (χ0n) is 14.7. The van der Waals surface area contributed by atoms with Gasteiger partial charge in [-0.1, -0.05) is 24.6 Å². The van der Waals surface area contributed by atoms with Crippen LogP contribution in [-0.2, 0) is 6.42 Å². The number of para-hydroxylation sites is 1. The van der Waals surface area contributed by atoms with Crippen LogP contribution < -0.4 is 11.3 Å². The number of likely N-dealkylation sites (tertiary alicyclic amines) is 1. The Labute approximate surface area is 148 Å². The van der Waals surface area contributed by atoms with Crippen molar-refractivity contribution in [3.63, 3.8) is 0 Å². The van der Waals surface area contributed by atoms with E-state index in [1.54, 1.807) is 0 Å². The molecule has 2 heterocycles. The smallest absolute Gasteiger partial charge is 0.260 e. The van der Waals surface area contributed by atoms with Crippen molar-refractivity contribution in [2.45, 2.75) is 32.6 Å². The summed E-state index contributed by atoms with van der Waals surface area (Å²) in [5.41, 5.74) is 8.56. The average molecular weight is 336 g/mol. The van der Waals surface area contributed by atoms with Crippen LogP contribution in [-0.4, -0.2) is 29.1 Å². The molecule has 1 aromatic carbocycles. The zero-order chi connectivity index (χ0) is 17.8. The molecule has 0 bridgehead atoms. The molecule has 130 valence electrons. The maximum Gasteiger partial charge on any atom is 0.260 e. The summed E-state index contributed by atoms with van der Waals surface area (Å²) in [5, 5.41) is 9.55. The highest BCUT2D eigenvalue weighted by Crippen LogP contribution is 2.21. The van der Waals surface area contributed by atoms with Gasteiger partial charge in [-0.3, -0.25) is 9.36 Å². The molecular weight excluding hydrogens is 312 g/mol. The number of anilines is 1. The van der Waals surface area contributed by atoms with Crippen LogP contribution in [0.2, 0.25) is 0 Å². The number of nitriles is 1. The van der Waals surface area contributed by atoms with Crippen LogP contribution in [0.3, 0.4) is 0 Å². The Kier molecular flexibility index (Phi) is 5.20. The fraction of sp³-hybridized carbons (Fsp3) is 0.400. The van der Waals surface area contributed by atoms with Gasteiger partial charge in [0.15, 0.2) is 0 Å². The molecule has 2 N–H and O–H groups in total. The van der Waals surface area contributed by atoms with Crippen molar-refractivity contribution in [3.05, 3.63) is 57.4 Å². The van der Waals surface area contributed by atoms with Crippen molar-refractivity contribution in [2.24, 2.45) is 0 Å². The molecule has 0 unspecified atom stereocenters. The molecule has 0 amide bonds. The van der Waals surface area contributed by atoms with Gasteiger partial charge in [0, 0.05) is 12.1 Å². The third kappa shape index (κ3) is 3.45. The van der Waals surface area contributed by atoms with Crippen molar-refractivity contribution in [1.29, 1.82) is 5.26 Å². The molecule has 2 aromatic rings. The Morgan fingerprint density at radius 2 is 1.84 bits per heavy atom. The number of piperidine rings is 1. The number of pyridine rings is 1. The van der Waals surface area contributed by atoms with E-state index in [1.807, 2.05) is 37.3 Å². The number of benzene rings is 1. The van der Waals surface area contributed by atoms with E-state index in [1.165, 1.54) is 23.8 Å². The van der Waals surface area contributed by atoms with Gasteiger partial charge < -0.3 is 10.6 Å². The summed E-state index contributed by atoms with van der Waals surface area (Å²) in [6.07, 6.45) is 4.38. The first-order valence-corrected chi connectivity index (χ1v) is 8.85. The molecule has 3 rings (SSSR count). The predicted molar refractivity (Wildman–Crippen MR) is 99.9 cm³/mol. The molecule has 1 aliphatic heterocycles. The summed E-state index contributed by atoms with van der Waals surface area (Å²) >= 11 is 0. The van der Waals surface area contributed by atoms with Gasteiger partial charge >= 0.3 is 0 Å². The summed E-state index contributed by atoms with van der Waals surface area (Å²) in [4.78, 5) is 15.5. The first-order valence-electron chi connectivity index (χ1n) is 8.85.